The predicted molar refractivity (Wildman–Crippen MR) is 94.4 cm³/mol. The maximum atomic E-state index is 13.0. The van der Waals surface area contributed by atoms with Crippen molar-refractivity contribution in [1.29, 1.82) is 0 Å². The SMILES string of the molecule is O=C(/C=C/c1ccc(F)c(Cl)c1)NNC(=S)Nc1ccccc1. The van der Waals surface area contributed by atoms with Gasteiger partial charge in [-0.3, -0.25) is 15.6 Å². The molecule has 2 aromatic rings. The van der Waals surface area contributed by atoms with Crippen LogP contribution >= 0.6 is 23.8 Å². The largest absolute Gasteiger partial charge is 0.331 e. The first-order chi connectivity index (χ1) is 11.0. The molecule has 2 aromatic carbocycles. The van der Waals surface area contributed by atoms with Crippen LogP contribution in [-0.4, -0.2) is 11.0 Å². The van der Waals surface area contributed by atoms with Gasteiger partial charge >= 0.3 is 0 Å². The lowest BCUT2D eigenvalue weighted by Crippen LogP contribution is -2.43. The van der Waals surface area contributed by atoms with Crippen LogP contribution in [0.1, 0.15) is 5.56 Å². The van der Waals surface area contributed by atoms with Gasteiger partial charge in [0.15, 0.2) is 5.11 Å². The van der Waals surface area contributed by atoms with Crippen LogP contribution in [0.2, 0.25) is 5.02 Å². The molecule has 0 saturated heterocycles. The zero-order valence-corrected chi connectivity index (χ0v) is 13.4. The highest BCUT2D eigenvalue weighted by molar-refractivity contribution is 7.80. The summed E-state index contributed by atoms with van der Waals surface area (Å²) in [6, 6.07) is 13.5. The molecule has 3 N–H and O–H groups in total. The summed E-state index contributed by atoms with van der Waals surface area (Å²) in [5.74, 6) is -0.921. The van der Waals surface area contributed by atoms with Crippen molar-refractivity contribution in [3.05, 3.63) is 71.0 Å². The number of para-hydroxylation sites is 1. The van der Waals surface area contributed by atoms with Gasteiger partial charge in [-0.05, 0) is 48.1 Å². The van der Waals surface area contributed by atoms with Gasteiger partial charge in [-0.1, -0.05) is 35.9 Å². The van der Waals surface area contributed by atoms with E-state index in [-0.39, 0.29) is 10.1 Å². The fourth-order valence-electron chi connectivity index (χ4n) is 1.63. The molecule has 118 valence electrons. The highest BCUT2D eigenvalue weighted by atomic mass is 35.5. The zero-order valence-electron chi connectivity index (χ0n) is 11.8. The van der Waals surface area contributed by atoms with Crippen molar-refractivity contribution in [1.82, 2.24) is 10.9 Å². The molecule has 0 atom stereocenters. The first kappa shape index (κ1) is 16.9. The summed E-state index contributed by atoms with van der Waals surface area (Å²) in [6.45, 7) is 0. The predicted octanol–water partition coefficient (Wildman–Crippen LogP) is 3.51. The van der Waals surface area contributed by atoms with Gasteiger partial charge in [0.1, 0.15) is 5.82 Å². The number of amides is 1. The fraction of sp³-hybridized carbons (Fsp3) is 0. The van der Waals surface area contributed by atoms with E-state index in [0.29, 0.717) is 5.56 Å². The van der Waals surface area contributed by atoms with Crippen molar-refractivity contribution < 1.29 is 9.18 Å². The molecule has 0 fully saturated rings. The maximum Gasteiger partial charge on any atom is 0.262 e. The van der Waals surface area contributed by atoms with Crippen LogP contribution in [0.15, 0.2) is 54.6 Å². The molecular weight excluding hydrogens is 337 g/mol. The van der Waals surface area contributed by atoms with E-state index in [9.17, 15) is 9.18 Å². The summed E-state index contributed by atoms with van der Waals surface area (Å²) in [6.07, 6.45) is 2.79. The zero-order chi connectivity index (χ0) is 16.7. The second-order valence-corrected chi connectivity index (χ2v) is 5.26. The third kappa shape index (κ3) is 5.69. The van der Waals surface area contributed by atoms with Crippen LogP contribution in [0.25, 0.3) is 6.08 Å². The normalized spacial score (nSPS) is 10.3. The smallest absolute Gasteiger partial charge is 0.262 e. The van der Waals surface area contributed by atoms with Crippen molar-refractivity contribution in [2.75, 3.05) is 5.32 Å². The molecule has 7 heteroatoms. The minimum Gasteiger partial charge on any atom is -0.331 e. The molecular formula is C16H13ClFN3OS. The Bertz CT molecular complexity index is 737. The second-order valence-electron chi connectivity index (χ2n) is 4.44. The number of thiocarbonyl (C=S) groups is 1. The highest BCUT2D eigenvalue weighted by Gasteiger charge is 2.01. The van der Waals surface area contributed by atoms with Gasteiger partial charge in [0.05, 0.1) is 5.02 Å². The minimum absolute atomic E-state index is 0.000998. The number of hydrazine groups is 1. The summed E-state index contributed by atoms with van der Waals surface area (Å²) >= 11 is 10.7. The van der Waals surface area contributed by atoms with Crippen molar-refractivity contribution in [2.24, 2.45) is 0 Å². The van der Waals surface area contributed by atoms with E-state index in [1.807, 2.05) is 30.3 Å². The van der Waals surface area contributed by atoms with Gasteiger partial charge in [0.2, 0.25) is 0 Å². The number of rotatable bonds is 3. The van der Waals surface area contributed by atoms with Crippen molar-refractivity contribution in [3.8, 4) is 0 Å². The monoisotopic (exact) mass is 349 g/mol. The van der Waals surface area contributed by atoms with Gasteiger partial charge < -0.3 is 5.32 Å². The lowest BCUT2D eigenvalue weighted by Gasteiger charge is -2.10. The lowest BCUT2D eigenvalue weighted by molar-refractivity contribution is -0.116. The number of hydrogen-bond donors (Lipinski definition) is 3. The lowest BCUT2D eigenvalue weighted by atomic mass is 10.2. The summed E-state index contributed by atoms with van der Waals surface area (Å²) in [5.41, 5.74) is 6.39. The summed E-state index contributed by atoms with van der Waals surface area (Å²) in [7, 11) is 0. The molecule has 23 heavy (non-hydrogen) atoms. The average molecular weight is 350 g/mol. The van der Waals surface area contributed by atoms with Gasteiger partial charge in [0.25, 0.3) is 5.91 Å². The molecule has 4 nitrogen and oxygen atoms in total. The van der Waals surface area contributed by atoms with Crippen molar-refractivity contribution in [3.63, 3.8) is 0 Å². The Morgan fingerprint density at radius 2 is 1.87 bits per heavy atom. The van der Waals surface area contributed by atoms with Gasteiger partial charge in [0, 0.05) is 11.8 Å². The molecule has 0 aliphatic heterocycles. The van der Waals surface area contributed by atoms with E-state index < -0.39 is 11.7 Å². The molecule has 0 aliphatic carbocycles. The Morgan fingerprint density at radius 1 is 1.13 bits per heavy atom. The Hall–Kier alpha value is -2.44. The number of benzene rings is 2. The Kier molecular flexibility index (Phi) is 6.08. The van der Waals surface area contributed by atoms with Crippen molar-refractivity contribution >= 4 is 46.6 Å². The third-order valence-corrected chi connectivity index (χ3v) is 3.20. The first-order valence-corrected chi connectivity index (χ1v) is 7.38. The molecule has 2 rings (SSSR count). The molecule has 0 saturated carbocycles. The molecule has 0 bridgehead atoms. The summed E-state index contributed by atoms with van der Waals surface area (Å²) < 4.78 is 13.0. The maximum absolute atomic E-state index is 13.0. The number of carbonyl (C=O) groups is 1. The average Bonchev–Trinajstić information content (AvgIpc) is 2.55. The third-order valence-electron chi connectivity index (χ3n) is 2.70. The van der Waals surface area contributed by atoms with E-state index >= 15 is 0 Å². The minimum atomic E-state index is -0.507. The van der Waals surface area contributed by atoms with Gasteiger partial charge in [-0.25, -0.2) is 4.39 Å². The van der Waals surface area contributed by atoms with Crippen LogP contribution < -0.4 is 16.2 Å². The van der Waals surface area contributed by atoms with Crippen molar-refractivity contribution in [2.45, 2.75) is 0 Å². The van der Waals surface area contributed by atoms with Gasteiger partial charge in [-0.2, -0.15) is 0 Å². The molecule has 1 amide bonds. The topological polar surface area (TPSA) is 53.2 Å². The molecule has 0 aromatic heterocycles. The number of carbonyl (C=O) groups excluding carboxylic acids is 1. The molecule has 0 spiro atoms. The number of anilines is 1. The first-order valence-electron chi connectivity index (χ1n) is 6.60. The van der Waals surface area contributed by atoms with Crippen LogP contribution in [0.5, 0.6) is 0 Å². The van der Waals surface area contributed by atoms with Crippen LogP contribution in [0.4, 0.5) is 10.1 Å². The standard InChI is InChI=1S/C16H13ClFN3OS/c17-13-10-11(6-8-14(13)18)7-9-15(22)20-21-16(23)19-12-4-2-1-3-5-12/h1-10H,(H,20,22)(H2,19,21,23)/b9-7+. The van der Waals surface area contributed by atoms with E-state index in [0.717, 1.165) is 5.69 Å². The second kappa shape index (κ2) is 8.26. The molecule has 0 radical (unpaired) electrons. The Morgan fingerprint density at radius 3 is 2.57 bits per heavy atom. The van der Waals surface area contributed by atoms with Crippen LogP contribution in [0, 0.1) is 5.82 Å². The number of halogens is 2. The van der Waals surface area contributed by atoms with Crippen LogP contribution in [0.3, 0.4) is 0 Å². The van der Waals surface area contributed by atoms with E-state index in [4.69, 9.17) is 23.8 Å². The van der Waals surface area contributed by atoms with Gasteiger partial charge in [-0.15, -0.1) is 0 Å². The Labute approximate surface area is 143 Å². The molecule has 0 aliphatic rings. The van der Waals surface area contributed by atoms with E-state index in [1.165, 1.54) is 30.4 Å². The Balaban J connectivity index is 1.81. The van der Waals surface area contributed by atoms with E-state index in [2.05, 4.69) is 16.2 Å². The van der Waals surface area contributed by atoms with E-state index in [1.54, 1.807) is 0 Å². The summed E-state index contributed by atoms with van der Waals surface area (Å²) in [4.78, 5) is 11.7. The fourth-order valence-corrected chi connectivity index (χ4v) is 1.99. The molecule has 0 unspecified atom stereocenters. The number of hydrogen-bond acceptors (Lipinski definition) is 2. The number of nitrogens with one attached hydrogen (secondary N) is 3. The molecule has 0 heterocycles. The quantitative estimate of drug-likeness (QED) is 0.451. The van der Waals surface area contributed by atoms with Crippen LogP contribution in [-0.2, 0) is 4.79 Å². The summed E-state index contributed by atoms with van der Waals surface area (Å²) in [5, 5.41) is 3.16. The highest BCUT2D eigenvalue weighted by Crippen LogP contribution is 2.16.